The number of aromatic nitrogens is 2. The predicted molar refractivity (Wildman–Crippen MR) is 123 cm³/mol. The number of hydrogen-bond donors (Lipinski definition) is 1. The molecule has 0 saturated carbocycles. The molecule has 3 aromatic rings. The van der Waals surface area contributed by atoms with Gasteiger partial charge in [0.25, 0.3) is 0 Å². The molecule has 1 aromatic heterocycles. The first kappa shape index (κ1) is 22.3. The summed E-state index contributed by atoms with van der Waals surface area (Å²) in [6.07, 6.45) is 0. The molecule has 2 N–H and O–H groups in total. The van der Waals surface area contributed by atoms with Crippen LogP contribution in [0.4, 0.5) is 5.82 Å². The summed E-state index contributed by atoms with van der Waals surface area (Å²) in [6.45, 7) is 8.77. The van der Waals surface area contributed by atoms with Gasteiger partial charge in [0.05, 0.1) is 39.0 Å². The Balaban J connectivity index is 2.27. The number of ether oxygens (including phenoxy) is 4. The maximum atomic E-state index is 6.64. The molecule has 7 heteroatoms. The number of nitrogen functional groups attached to an aromatic ring is 1. The van der Waals surface area contributed by atoms with Gasteiger partial charge in [-0.25, -0.2) is 4.68 Å². The summed E-state index contributed by atoms with van der Waals surface area (Å²) in [4.78, 5) is 0. The fourth-order valence-corrected chi connectivity index (χ4v) is 3.53. The van der Waals surface area contributed by atoms with E-state index in [2.05, 4.69) is 20.8 Å². The minimum Gasteiger partial charge on any atom is -0.494 e. The summed E-state index contributed by atoms with van der Waals surface area (Å²) >= 11 is 0. The third-order valence-corrected chi connectivity index (χ3v) is 4.95. The van der Waals surface area contributed by atoms with Crippen LogP contribution >= 0.6 is 0 Å². The molecular weight excluding hydrogens is 394 g/mol. The molecule has 0 radical (unpaired) electrons. The Morgan fingerprint density at radius 2 is 1.48 bits per heavy atom. The number of benzene rings is 2. The highest BCUT2D eigenvalue weighted by atomic mass is 16.5. The smallest absolute Gasteiger partial charge is 0.203 e. The molecule has 0 spiro atoms. The lowest BCUT2D eigenvalue weighted by atomic mass is 9.99. The van der Waals surface area contributed by atoms with Crippen LogP contribution in [0.3, 0.4) is 0 Å². The van der Waals surface area contributed by atoms with Crippen LogP contribution in [0, 0.1) is 0 Å². The summed E-state index contributed by atoms with van der Waals surface area (Å²) in [5, 5.41) is 4.90. The number of nitrogens with two attached hydrogens (primary N) is 1. The maximum absolute atomic E-state index is 6.64. The third-order valence-electron chi connectivity index (χ3n) is 4.95. The average molecular weight is 426 g/mol. The number of hydrogen-bond acceptors (Lipinski definition) is 6. The Morgan fingerprint density at radius 1 is 0.903 bits per heavy atom. The lowest BCUT2D eigenvalue weighted by Gasteiger charge is -2.21. The van der Waals surface area contributed by atoms with Crippen molar-refractivity contribution in [1.29, 1.82) is 0 Å². The molecule has 0 saturated heterocycles. The SMILES string of the molecule is CCOc1ccc(-c2c(-c3cc(OC)c(OC)c(OC)c3)nn(C(C)(C)C)c2N)cc1. The van der Waals surface area contributed by atoms with Gasteiger partial charge in [-0.3, -0.25) is 0 Å². The van der Waals surface area contributed by atoms with E-state index in [-0.39, 0.29) is 5.54 Å². The topological polar surface area (TPSA) is 80.8 Å². The van der Waals surface area contributed by atoms with Gasteiger partial charge in [-0.15, -0.1) is 0 Å². The zero-order valence-corrected chi connectivity index (χ0v) is 19.3. The van der Waals surface area contributed by atoms with Crippen LogP contribution in [-0.4, -0.2) is 37.7 Å². The van der Waals surface area contributed by atoms with Gasteiger partial charge >= 0.3 is 0 Å². The van der Waals surface area contributed by atoms with Crippen LogP contribution in [-0.2, 0) is 5.54 Å². The second-order valence-corrected chi connectivity index (χ2v) is 8.06. The quantitative estimate of drug-likeness (QED) is 0.575. The molecule has 2 aromatic carbocycles. The number of rotatable bonds is 7. The average Bonchev–Trinajstić information content (AvgIpc) is 3.11. The molecule has 0 fully saturated rings. The monoisotopic (exact) mass is 425 g/mol. The molecule has 0 aliphatic rings. The Hall–Kier alpha value is -3.35. The van der Waals surface area contributed by atoms with Crippen LogP contribution in [0.1, 0.15) is 27.7 Å². The Labute approximate surface area is 183 Å². The molecule has 0 aliphatic carbocycles. The van der Waals surface area contributed by atoms with E-state index in [0.717, 1.165) is 28.1 Å². The number of nitrogens with zero attached hydrogens (tertiary/aromatic N) is 2. The molecule has 31 heavy (non-hydrogen) atoms. The molecule has 0 atom stereocenters. The van der Waals surface area contributed by atoms with Crippen LogP contribution < -0.4 is 24.7 Å². The second kappa shape index (κ2) is 8.79. The zero-order chi connectivity index (χ0) is 22.8. The van der Waals surface area contributed by atoms with Crippen molar-refractivity contribution in [3.63, 3.8) is 0 Å². The molecular formula is C24H31N3O4. The van der Waals surface area contributed by atoms with Gasteiger partial charge in [0, 0.05) is 5.56 Å². The molecule has 1 heterocycles. The van der Waals surface area contributed by atoms with Crippen LogP contribution in [0.2, 0.25) is 0 Å². The fraction of sp³-hybridized carbons (Fsp3) is 0.375. The van der Waals surface area contributed by atoms with Crippen molar-refractivity contribution in [2.24, 2.45) is 0 Å². The summed E-state index contributed by atoms with van der Waals surface area (Å²) < 4.78 is 24.0. The first-order chi connectivity index (χ1) is 14.7. The normalized spacial score (nSPS) is 11.3. The summed E-state index contributed by atoms with van der Waals surface area (Å²) in [6, 6.07) is 11.6. The minimum atomic E-state index is -0.303. The van der Waals surface area contributed by atoms with Crippen molar-refractivity contribution in [1.82, 2.24) is 9.78 Å². The first-order valence-corrected chi connectivity index (χ1v) is 10.2. The van der Waals surface area contributed by atoms with E-state index in [0.29, 0.717) is 29.7 Å². The highest BCUT2D eigenvalue weighted by Crippen LogP contribution is 2.45. The predicted octanol–water partition coefficient (Wildman–Crippen LogP) is 4.98. The lowest BCUT2D eigenvalue weighted by molar-refractivity contribution is 0.324. The van der Waals surface area contributed by atoms with E-state index in [4.69, 9.17) is 29.8 Å². The molecule has 166 valence electrons. The Bertz CT molecular complexity index is 1020. The van der Waals surface area contributed by atoms with E-state index in [1.807, 2.05) is 48.0 Å². The lowest BCUT2D eigenvalue weighted by Crippen LogP contribution is -2.24. The summed E-state index contributed by atoms with van der Waals surface area (Å²) in [5.74, 6) is 3.03. The van der Waals surface area contributed by atoms with Crippen molar-refractivity contribution in [3.05, 3.63) is 36.4 Å². The van der Waals surface area contributed by atoms with Crippen molar-refractivity contribution in [2.75, 3.05) is 33.7 Å². The van der Waals surface area contributed by atoms with Crippen molar-refractivity contribution >= 4 is 5.82 Å². The van der Waals surface area contributed by atoms with E-state index < -0.39 is 0 Å². The Kier molecular flexibility index (Phi) is 6.34. The second-order valence-electron chi connectivity index (χ2n) is 8.06. The number of anilines is 1. The highest BCUT2D eigenvalue weighted by Gasteiger charge is 2.26. The third kappa shape index (κ3) is 4.26. The van der Waals surface area contributed by atoms with Gasteiger partial charge in [-0.1, -0.05) is 12.1 Å². The molecule has 0 aliphatic heterocycles. The van der Waals surface area contributed by atoms with Crippen LogP contribution in [0.15, 0.2) is 36.4 Å². The Morgan fingerprint density at radius 3 is 1.94 bits per heavy atom. The van der Waals surface area contributed by atoms with Gasteiger partial charge in [-0.2, -0.15) is 5.10 Å². The first-order valence-electron chi connectivity index (χ1n) is 10.2. The fourth-order valence-electron chi connectivity index (χ4n) is 3.53. The molecule has 7 nitrogen and oxygen atoms in total. The van der Waals surface area contributed by atoms with Gasteiger partial charge in [0.15, 0.2) is 11.5 Å². The zero-order valence-electron chi connectivity index (χ0n) is 19.3. The minimum absolute atomic E-state index is 0.303. The summed E-state index contributed by atoms with van der Waals surface area (Å²) in [5.41, 5.74) is 9.66. The van der Waals surface area contributed by atoms with E-state index in [1.165, 1.54) is 0 Å². The van der Waals surface area contributed by atoms with Gasteiger partial charge < -0.3 is 24.7 Å². The number of methoxy groups -OCH3 is 3. The molecule has 3 rings (SSSR count). The van der Waals surface area contributed by atoms with Crippen LogP contribution in [0.5, 0.6) is 23.0 Å². The van der Waals surface area contributed by atoms with Crippen LogP contribution in [0.25, 0.3) is 22.4 Å². The summed E-state index contributed by atoms with van der Waals surface area (Å²) in [7, 11) is 4.77. The molecule has 0 bridgehead atoms. The van der Waals surface area contributed by atoms with Crippen molar-refractivity contribution in [3.8, 4) is 45.4 Å². The molecule has 0 amide bonds. The van der Waals surface area contributed by atoms with E-state index >= 15 is 0 Å². The van der Waals surface area contributed by atoms with E-state index in [1.54, 1.807) is 21.3 Å². The van der Waals surface area contributed by atoms with Gasteiger partial charge in [0.1, 0.15) is 17.3 Å². The van der Waals surface area contributed by atoms with Crippen molar-refractivity contribution < 1.29 is 18.9 Å². The highest BCUT2D eigenvalue weighted by molar-refractivity contribution is 5.89. The van der Waals surface area contributed by atoms with Gasteiger partial charge in [-0.05, 0) is 57.5 Å². The van der Waals surface area contributed by atoms with E-state index in [9.17, 15) is 0 Å². The standard InChI is InChI=1S/C24H31N3O4/c1-8-31-17-11-9-15(10-12-17)20-21(26-27(23(20)25)24(2,3)4)16-13-18(28-5)22(30-7)19(14-16)29-6/h9-14H,8,25H2,1-7H3. The largest absolute Gasteiger partial charge is 0.494 e. The molecule has 0 unspecified atom stereocenters. The van der Waals surface area contributed by atoms with Crippen molar-refractivity contribution in [2.45, 2.75) is 33.2 Å². The maximum Gasteiger partial charge on any atom is 0.203 e. The van der Waals surface area contributed by atoms with Gasteiger partial charge in [0.2, 0.25) is 5.75 Å².